The van der Waals surface area contributed by atoms with Gasteiger partial charge >= 0.3 is 0 Å². The lowest BCUT2D eigenvalue weighted by molar-refractivity contribution is 0.0953. The second-order valence-electron chi connectivity index (χ2n) is 5.40. The van der Waals surface area contributed by atoms with Crippen molar-refractivity contribution in [2.45, 2.75) is 6.42 Å². The minimum absolute atomic E-state index is 0.170. The molecule has 0 bridgehead atoms. The van der Waals surface area contributed by atoms with E-state index in [2.05, 4.69) is 31.2 Å². The van der Waals surface area contributed by atoms with Crippen LogP contribution in [0.5, 0.6) is 11.6 Å². The molecule has 2 aromatic heterocycles. The van der Waals surface area contributed by atoms with Gasteiger partial charge in [-0.1, -0.05) is 15.9 Å². The summed E-state index contributed by atoms with van der Waals surface area (Å²) in [5, 5.41) is 2.86. The summed E-state index contributed by atoms with van der Waals surface area (Å²) in [5.41, 5.74) is 0.489. The largest absolute Gasteiger partial charge is 0.439 e. The van der Waals surface area contributed by atoms with Gasteiger partial charge in [-0.3, -0.25) is 4.79 Å². The Morgan fingerprint density at radius 1 is 1.20 bits per heavy atom. The normalized spacial score (nSPS) is 10.5. The first-order valence-corrected chi connectivity index (χ1v) is 8.55. The Kier molecular flexibility index (Phi) is 5.45. The van der Waals surface area contributed by atoms with E-state index >= 15 is 0 Å². The molecule has 0 aliphatic heterocycles. The number of halogens is 1. The molecule has 7 heteroatoms. The molecule has 0 aliphatic carbocycles. The summed E-state index contributed by atoms with van der Waals surface area (Å²) in [6, 6.07) is 10.8. The van der Waals surface area contributed by atoms with Crippen LogP contribution in [0, 0.1) is 0 Å². The molecular weight excluding hydrogens is 384 g/mol. The van der Waals surface area contributed by atoms with Gasteiger partial charge in [-0.25, -0.2) is 9.97 Å². The van der Waals surface area contributed by atoms with Crippen molar-refractivity contribution in [2.24, 2.45) is 7.05 Å². The lowest BCUT2D eigenvalue weighted by Gasteiger charge is -2.07. The first-order valence-electron chi connectivity index (χ1n) is 7.76. The highest BCUT2D eigenvalue weighted by Gasteiger charge is 2.07. The van der Waals surface area contributed by atoms with Crippen LogP contribution in [-0.2, 0) is 13.5 Å². The summed E-state index contributed by atoms with van der Waals surface area (Å²) in [7, 11) is 1.93. The Balaban J connectivity index is 1.53. The van der Waals surface area contributed by atoms with Crippen LogP contribution in [0.4, 0.5) is 0 Å². The van der Waals surface area contributed by atoms with E-state index in [4.69, 9.17) is 4.74 Å². The zero-order valence-corrected chi connectivity index (χ0v) is 15.2. The molecule has 1 amide bonds. The van der Waals surface area contributed by atoms with Crippen LogP contribution in [0.25, 0.3) is 0 Å². The standard InChI is InChI=1S/C18H17BrN4O2/c1-23-11-10-20-16(23)8-9-21-18(24)13-2-7-17(22-12-13)25-15-5-3-14(19)4-6-15/h2-7,10-12H,8-9H2,1H3,(H,21,24). The first kappa shape index (κ1) is 17.2. The number of rotatable bonds is 6. The lowest BCUT2D eigenvalue weighted by atomic mass is 10.2. The van der Waals surface area contributed by atoms with Crippen molar-refractivity contribution in [3.05, 3.63) is 70.8 Å². The molecule has 0 radical (unpaired) electrons. The van der Waals surface area contributed by atoms with Crippen LogP contribution in [0.15, 0.2) is 59.5 Å². The Labute approximate surface area is 154 Å². The fraction of sp³-hybridized carbons (Fsp3) is 0.167. The highest BCUT2D eigenvalue weighted by atomic mass is 79.9. The van der Waals surface area contributed by atoms with E-state index < -0.39 is 0 Å². The fourth-order valence-electron chi connectivity index (χ4n) is 2.23. The monoisotopic (exact) mass is 400 g/mol. The summed E-state index contributed by atoms with van der Waals surface area (Å²) in [6.07, 6.45) is 5.80. The van der Waals surface area contributed by atoms with Crippen molar-refractivity contribution >= 4 is 21.8 Å². The second kappa shape index (κ2) is 7.94. The molecule has 0 aliphatic rings. The van der Waals surface area contributed by atoms with Crippen molar-refractivity contribution in [3.8, 4) is 11.6 Å². The quantitative estimate of drug-likeness (QED) is 0.688. The molecular formula is C18H17BrN4O2. The Bertz CT molecular complexity index is 844. The van der Waals surface area contributed by atoms with Gasteiger partial charge in [0.15, 0.2) is 0 Å². The van der Waals surface area contributed by atoms with Gasteiger partial charge in [-0.15, -0.1) is 0 Å². The number of hydrogen-bond donors (Lipinski definition) is 1. The van der Waals surface area contributed by atoms with Gasteiger partial charge in [-0.2, -0.15) is 0 Å². The Hall–Kier alpha value is -2.67. The molecule has 6 nitrogen and oxygen atoms in total. The summed E-state index contributed by atoms with van der Waals surface area (Å²) in [4.78, 5) is 20.5. The van der Waals surface area contributed by atoms with Crippen molar-refractivity contribution in [2.75, 3.05) is 6.54 Å². The molecule has 128 valence electrons. The molecule has 3 rings (SSSR count). The van der Waals surface area contributed by atoms with E-state index in [0.717, 1.165) is 10.3 Å². The number of carbonyl (C=O) groups excluding carboxylic acids is 1. The minimum Gasteiger partial charge on any atom is -0.439 e. The number of amides is 1. The maximum absolute atomic E-state index is 12.1. The summed E-state index contributed by atoms with van der Waals surface area (Å²) < 4.78 is 8.55. The Morgan fingerprint density at radius 3 is 2.64 bits per heavy atom. The summed E-state index contributed by atoms with van der Waals surface area (Å²) in [5.74, 6) is 1.88. The fourth-order valence-corrected chi connectivity index (χ4v) is 2.49. The van der Waals surface area contributed by atoms with E-state index in [1.165, 1.54) is 6.20 Å². The predicted molar refractivity (Wildman–Crippen MR) is 97.7 cm³/mol. The van der Waals surface area contributed by atoms with Gasteiger partial charge in [0.25, 0.3) is 5.91 Å². The zero-order valence-electron chi connectivity index (χ0n) is 13.6. The van der Waals surface area contributed by atoms with E-state index in [1.54, 1.807) is 18.3 Å². The van der Waals surface area contributed by atoms with Gasteiger partial charge < -0.3 is 14.6 Å². The van der Waals surface area contributed by atoms with Crippen molar-refractivity contribution in [1.82, 2.24) is 19.9 Å². The summed E-state index contributed by atoms with van der Waals surface area (Å²) in [6.45, 7) is 0.515. The van der Waals surface area contributed by atoms with E-state index in [1.807, 2.05) is 42.1 Å². The second-order valence-corrected chi connectivity index (χ2v) is 6.32. The molecule has 0 fully saturated rings. The van der Waals surface area contributed by atoms with Crippen molar-refractivity contribution in [1.29, 1.82) is 0 Å². The summed E-state index contributed by atoms with van der Waals surface area (Å²) >= 11 is 3.37. The van der Waals surface area contributed by atoms with Crippen LogP contribution >= 0.6 is 15.9 Å². The Morgan fingerprint density at radius 2 is 2.00 bits per heavy atom. The number of carbonyl (C=O) groups is 1. The molecule has 1 aromatic carbocycles. The highest BCUT2D eigenvalue weighted by molar-refractivity contribution is 9.10. The molecule has 3 aromatic rings. The van der Waals surface area contributed by atoms with E-state index in [0.29, 0.717) is 30.2 Å². The molecule has 0 saturated heterocycles. The van der Waals surface area contributed by atoms with Crippen LogP contribution < -0.4 is 10.1 Å². The maximum atomic E-state index is 12.1. The van der Waals surface area contributed by atoms with Crippen LogP contribution in [0.1, 0.15) is 16.2 Å². The zero-order chi connectivity index (χ0) is 17.6. The van der Waals surface area contributed by atoms with Crippen LogP contribution in [0.2, 0.25) is 0 Å². The van der Waals surface area contributed by atoms with E-state index in [-0.39, 0.29) is 5.91 Å². The average molecular weight is 401 g/mol. The van der Waals surface area contributed by atoms with E-state index in [9.17, 15) is 4.79 Å². The predicted octanol–water partition coefficient (Wildman–Crippen LogP) is 3.34. The number of nitrogens with zero attached hydrogens (tertiary/aromatic N) is 3. The molecule has 2 heterocycles. The molecule has 0 unspecified atom stereocenters. The number of benzene rings is 1. The number of hydrogen-bond acceptors (Lipinski definition) is 4. The smallest absolute Gasteiger partial charge is 0.252 e. The molecule has 25 heavy (non-hydrogen) atoms. The van der Waals surface area contributed by atoms with Crippen LogP contribution in [0.3, 0.4) is 0 Å². The minimum atomic E-state index is -0.170. The van der Waals surface area contributed by atoms with Gasteiger partial charge in [0.05, 0.1) is 5.56 Å². The number of pyridine rings is 1. The molecule has 0 atom stereocenters. The van der Waals surface area contributed by atoms with Gasteiger partial charge in [-0.05, 0) is 30.3 Å². The van der Waals surface area contributed by atoms with Crippen LogP contribution in [-0.4, -0.2) is 27.0 Å². The molecule has 0 saturated carbocycles. The number of imidazole rings is 1. The van der Waals surface area contributed by atoms with Gasteiger partial charge in [0.1, 0.15) is 11.6 Å². The third-order valence-corrected chi connectivity index (χ3v) is 4.12. The molecule has 1 N–H and O–H groups in total. The van der Waals surface area contributed by atoms with Gasteiger partial charge in [0.2, 0.25) is 5.88 Å². The number of aryl methyl sites for hydroxylation is 1. The van der Waals surface area contributed by atoms with Crippen molar-refractivity contribution < 1.29 is 9.53 Å². The highest BCUT2D eigenvalue weighted by Crippen LogP contribution is 2.21. The van der Waals surface area contributed by atoms with Gasteiger partial charge in [0, 0.05) is 49.1 Å². The first-order chi connectivity index (χ1) is 12.1. The number of ether oxygens (including phenoxy) is 1. The third kappa shape index (κ3) is 4.67. The number of nitrogens with one attached hydrogen (secondary N) is 1. The maximum Gasteiger partial charge on any atom is 0.252 e. The number of aromatic nitrogens is 3. The SMILES string of the molecule is Cn1ccnc1CCNC(=O)c1ccc(Oc2ccc(Br)cc2)nc1. The average Bonchev–Trinajstić information content (AvgIpc) is 3.02. The molecule has 0 spiro atoms. The lowest BCUT2D eigenvalue weighted by Crippen LogP contribution is -2.26. The third-order valence-electron chi connectivity index (χ3n) is 3.59. The topological polar surface area (TPSA) is 69.0 Å². The van der Waals surface area contributed by atoms with Crippen molar-refractivity contribution in [3.63, 3.8) is 0 Å².